The number of amides is 1. The molecule has 0 spiro atoms. The number of carbonyl (C=O) groups excluding carboxylic acids is 1. The third-order valence-electron chi connectivity index (χ3n) is 6.44. The van der Waals surface area contributed by atoms with E-state index in [2.05, 4.69) is 45.5 Å². The minimum Gasteiger partial charge on any atom is -0.478 e. The van der Waals surface area contributed by atoms with Crippen LogP contribution in [-0.4, -0.2) is 29.8 Å². The molecule has 32 heavy (non-hydrogen) atoms. The molecule has 5 rings (SSSR count). The molecule has 1 amide bonds. The van der Waals surface area contributed by atoms with Crippen LogP contribution in [0.2, 0.25) is 0 Å². The SMILES string of the molecule is O=C(NC1CC(c2cc(Br)cc(C(=O)O)c2)C1)OCC1c2ccccc2-c2ccccc21. The highest BCUT2D eigenvalue weighted by atomic mass is 79.9. The van der Waals surface area contributed by atoms with Gasteiger partial charge in [-0.15, -0.1) is 0 Å². The van der Waals surface area contributed by atoms with Crippen molar-refractivity contribution < 1.29 is 19.4 Å². The predicted molar refractivity (Wildman–Crippen MR) is 125 cm³/mol. The fraction of sp³-hybridized carbons (Fsp3) is 0.231. The van der Waals surface area contributed by atoms with Crippen LogP contribution in [0.1, 0.15) is 51.7 Å². The lowest BCUT2D eigenvalue weighted by atomic mass is 9.75. The van der Waals surface area contributed by atoms with Crippen molar-refractivity contribution in [3.8, 4) is 11.1 Å². The van der Waals surface area contributed by atoms with Crippen LogP contribution < -0.4 is 5.32 Å². The zero-order valence-electron chi connectivity index (χ0n) is 17.3. The standard InChI is InChI=1S/C26H22BrNO4/c27-18-10-15(9-17(11-18)25(29)30)16-12-19(13-16)28-26(31)32-14-24-22-7-3-1-5-20(22)21-6-2-4-8-23(21)24/h1-11,16,19,24H,12-14H2,(H,28,31)(H,29,30). The van der Waals surface area contributed by atoms with Gasteiger partial charge < -0.3 is 15.2 Å². The molecule has 3 aromatic carbocycles. The van der Waals surface area contributed by atoms with Crippen LogP contribution in [0.15, 0.2) is 71.2 Å². The van der Waals surface area contributed by atoms with Crippen molar-refractivity contribution in [1.29, 1.82) is 0 Å². The zero-order valence-corrected chi connectivity index (χ0v) is 18.8. The number of carboxylic acid groups (broad SMARTS) is 1. The second-order valence-corrected chi connectivity index (χ2v) is 9.33. The van der Waals surface area contributed by atoms with Crippen molar-refractivity contribution in [1.82, 2.24) is 5.32 Å². The average Bonchev–Trinajstić information content (AvgIpc) is 3.08. The van der Waals surface area contributed by atoms with E-state index < -0.39 is 12.1 Å². The molecule has 5 nitrogen and oxygen atoms in total. The number of rotatable bonds is 5. The lowest BCUT2D eigenvalue weighted by Crippen LogP contribution is -2.43. The summed E-state index contributed by atoms with van der Waals surface area (Å²) in [7, 11) is 0. The number of ether oxygens (including phenoxy) is 1. The van der Waals surface area contributed by atoms with Crippen LogP contribution in [0.25, 0.3) is 11.1 Å². The van der Waals surface area contributed by atoms with Gasteiger partial charge in [0.15, 0.2) is 0 Å². The van der Waals surface area contributed by atoms with Crippen molar-refractivity contribution in [2.75, 3.05) is 6.61 Å². The Morgan fingerprint density at radius 2 is 1.59 bits per heavy atom. The Bertz CT molecular complexity index is 1160. The first-order valence-corrected chi connectivity index (χ1v) is 11.4. The van der Waals surface area contributed by atoms with Gasteiger partial charge in [-0.25, -0.2) is 9.59 Å². The average molecular weight is 492 g/mol. The lowest BCUT2D eigenvalue weighted by molar-refractivity contribution is 0.0696. The number of aromatic carboxylic acids is 1. The van der Waals surface area contributed by atoms with Crippen molar-refractivity contribution >= 4 is 28.0 Å². The van der Waals surface area contributed by atoms with Gasteiger partial charge in [0.2, 0.25) is 0 Å². The van der Waals surface area contributed by atoms with E-state index in [1.165, 1.54) is 22.3 Å². The Morgan fingerprint density at radius 1 is 0.969 bits per heavy atom. The zero-order chi connectivity index (χ0) is 22.2. The molecule has 2 aliphatic rings. The summed E-state index contributed by atoms with van der Waals surface area (Å²) < 4.78 is 6.37. The van der Waals surface area contributed by atoms with E-state index in [4.69, 9.17) is 4.74 Å². The van der Waals surface area contributed by atoms with Crippen LogP contribution in [-0.2, 0) is 4.74 Å². The number of nitrogens with one attached hydrogen (secondary N) is 1. The molecule has 2 N–H and O–H groups in total. The summed E-state index contributed by atoms with van der Waals surface area (Å²) >= 11 is 3.38. The molecule has 0 radical (unpaired) electrons. The molecule has 1 fully saturated rings. The van der Waals surface area contributed by atoms with E-state index >= 15 is 0 Å². The first-order chi connectivity index (χ1) is 15.5. The predicted octanol–water partition coefficient (Wildman–Crippen LogP) is 5.93. The Morgan fingerprint density at radius 3 is 2.22 bits per heavy atom. The largest absolute Gasteiger partial charge is 0.478 e. The molecule has 2 aliphatic carbocycles. The van der Waals surface area contributed by atoms with Crippen LogP contribution in [0.4, 0.5) is 4.79 Å². The number of carbonyl (C=O) groups is 2. The monoisotopic (exact) mass is 491 g/mol. The fourth-order valence-corrected chi connectivity index (χ4v) is 5.30. The highest BCUT2D eigenvalue weighted by molar-refractivity contribution is 9.10. The maximum Gasteiger partial charge on any atom is 0.407 e. The summed E-state index contributed by atoms with van der Waals surface area (Å²) in [5.41, 5.74) is 6.02. The number of halogens is 1. The molecular formula is C26H22BrNO4. The first-order valence-electron chi connectivity index (χ1n) is 10.6. The minimum atomic E-state index is -0.944. The molecule has 0 aromatic heterocycles. The van der Waals surface area contributed by atoms with Crippen molar-refractivity contribution in [3.63, 3.8) is 0 Å². The molecular weight excluding hydrogens is 470 g/mol. The summed E-state index contributed by atoms with van der Waals surface area (Å²) in [4.78, 5) is 23.7. The Balaban J connectivity index is 1.18. The van der Waals surface area contributed by atoms with Gasteiger partial charge in [0, 0.05) is 16.4 Å². The quantitative estimate of drug-likeness (QED) is 0.463. The summed E-state index contributed by atoms with van der Waals surface area (Å²) in [6.45, 7) is 0.295. The normalized spacial score (nSPS) is 18.9. The van der Waals surface area contributed by atoms with Gasteiger partial charge in [0.1, 0.15) is 6.61 Å². The lowest BCUT2D eigenvalue weighted by Gasteiger charge is -2.36. The smallest absolute Gasteiger partial charge is 0.407 e. The van der Waals surface area contributed by atoms with Gasteiger partial charge in [0.05, 0.1) is 5.56 Å². The minimum absolute atomic E-state index is 0.0305. The highest BCUT2D eigenvalue weighted by Crippen LogP contribution is 2.44. The van der Waals surface area contributed by atoms with E-state index in [1.807, 2.05) is 30.3 Å². The third-order valence-corrected chi connectivity index (χ3v) is 6.90. The summed E-state index contributed by atoms with van der Waals surface area (Å²) in [6, 6.07) is 21.8. The number of hydrogen-bond acceptors (Lipinski definition) is 3. The van der Waals surface area contributed by atoms with Gasteiger partial charge in [0.25, 0.3) is 0 Å². The van der Waals surface area contributed by atoms with Crippen LogP contribution in [0, 0.1) is 0 Å². The number of fused-ring (bicyclic) bond motifs is 3. The fourth-order valence-electron chi connectivity index (χ4n) is 4.79. The Labute approximate surface area is 194 Å². The molecule has 1 saturated carbocycles. The summed E-state index contributed by atoms with van der Waals surface area (Å²) in [6.07, 6.45) is 1.12. The molecule has 0 bridgehead atoms. The molecule has 162 valence electrons. The van der Waals surface area contributed by atoms with Gasteiger partial charge in [-0.05, 0) is 64.8 Å². The summed E-state index contributed by atoms with van der Waals surface area (Å²) in [5.74, 6) is -0.678. The van der Waals surface area contributed by atoms with Crippen LogP contribution >= 0.6 is 15.9 Å². The molecule has 0 heterocycles. The maximum atomic E-state index is 12.4. The van der Waals surface area contributed by atoms with E-state index in [-0.39, 0.29) is 23.4 Å². The molecule has 6 heteroatoms. The van der Waals surface area contributed by atoms with Gasteiger partial charge in [-0.1, -0.05) is 64.5 Å². The Kier molecular flexibility index (Phi) is 5.47. The number of hydrogen-bond donors (Lipinski definition) is 2. The molecule has 0 aliphatic heterocycles. The molecule has 3 aromatic rings. The second-order valence-electron chi connectivity index (χ2n) is 8.41. The Hall–Kier alpha value is -3.12. The van der Waals surface area contributed by atoms with Crippen molar-refractivity contribution in [2.24, 2.45) is 0 Å². The maximum absolute atomic E-state index is 12.4. The van der Waals surface area contributed by atoms with Crippen molar-refractivity contribution in [3.05, 3.63) is 93.5 Å². The molecule has 0 unspecified atom stereocenters. The van der Waals surface area contributed by atoms with E-state index in [0.717, 1.165) is 22.9 Å². The van der Waals surface area contributed by atoms with Gasteiger partial charge >= 0.3 is 12.1 Å². The molecule has 0 saturated heterocycles. The van der Waals surface area contributed by atoms with Crippen molar-refractivity contribution in [2.45, 2.75) is 30.7 Å². The third kappa shape index (κ3) is 3.91. The number of alkyl carbamates (subject to hydrolysis) is 1. The topological polar surface area (TPSA) is 75.6 Å². The van der Waals surface area contributed by atoms with Gasteiger partial charge in [-0.2, -0.15) is 0 Å². The van der Waals surface area contributed by atoms with E-state index in [9.17, 15) is 14.7 Å². The van der Waals surface area contributed by atoms with Gasteiger partial charge in [-0.3, -0.25) is 0 Å². The molecule has 0 atom stereocenters. The first kappa shape index (κ1) is 20.8. The van der Waals surface area contributed by atoms with E-state index in [0.29, 0.717) is 6.61 Å². The highest BCUT2D eigenvalue weighted by Gasteiger charge is 2.33. The van der Waals surface area contributed by atoms with E-state index in [1.54, 1.807) is 12.1 Å². The second kappa shape index (κ2) is 8.43. The number of benzene rings is 3. The summed E-state index contributed by atoms with van der Waals surface area (Å²) in [5, 5.41) is 12.2. The van der Waals surface area contributed by atoms with Crippen LogP contribution in [0.3, 0.4) is 0 Å². The van der Waals surface area contributed by atoms with Crippen LogP contribution in [0.5, 0.6) is 0 Å². The number of carboxylic acids is 1.